The Morgan fingerprint density at radius 1 is 1.38 bits per heavy atom. The van der Waals surface area contributed by atoms with Crippen LogP contribution in [-0.4, -0.2) is 33.7 Å². The maximum atomic E-state index is 12.5. The molecule has 1 aromatic carbocycles. The molecule has 1 atom stereocenters. The molecule has 7 heteroatoms. The summed E-state index contributed by atoms with van der Waals surface area (Å²) in [5.74, 6) is -0.478. The van der Waals surface area contributed by atoms with Crippen molar-refractivity contribution in [2.45, 2.75) is 32.9 Å². The zero-order valence-electron chi connectivity index (χ0n) is 13.9. The van der Waals surface area contributed by atoms with Gasteiger partial charge in [-0.25, -0.2) is 0 Å². The van der Waals surface area contributed by atoms with E-state index < -0.39 is 17.4 Å². The molecule has 0 saturated heterocycles. The number of aromatic nitrogens is 2. The molecule has 2 heterocycles. The van der Waals surface area contributed by atoms with Crippen LogP contribution in [0.2, 0.25) is 0 Å². The Kier molecular flexibility index (Phi) is 4.01. The molecule has 24 heavy (non-hydrogen) atoms. The molecule has 0 aliphatic carbocycles. The fraction of sp³-hybridized carbons (Fsp3) is 0.353. The molecule has 0 fully saturated rings. The standard InChI is InChI=1S/C17H20N4O3/c1-11-10-12(2)21(20-11)9-8-18-15(22)17(3)16(23)19-13-6-4-5-7-14(13)24-17/h4-7,10H,8-9H2,1-3H3,(H,18,22)(H,19,23)/t17-/m1/s1. The van der Waals surface area contributed by atoms with E-state index in [1.807, 2.05) is 24.6 Å². The first-order chi connectivity index (χ1) is 11.4. The van der Waals surface area contributed by atoms with Crippen LogP contribution in [-0.2, 0) is 16.1 Å². The van der Waals surface area contributed by atoms with Gasteiger partial charge in [0.05, 0.1) is 17.9 Å². The number of carbonyl (C=O) groups excluding carboxylic acids is 2. The Morgan fingerprint density at radius 3 is 2.83 bits per heavy atom. The third-order valence-electron chi connectivity index (χ3n) is 4.03. The summed E-state index contributed by atoms with van der Waals surface area (Å²) in [6.45, 7) is 6.23. The van der Waals surface area contributed by atoms with Crippen molar-refractivity contribution in [1.82, 2.24) is 15.1 Å². The van der Waals surface area contributed by atoms with Gasteiger partial charge in [0.2, 0.25) is 0 Å². The third-order valence-corrected chi connectivity index (χ3v) is 4.03. The summed E-state index contributed by atoms with van der Waals surface area (Å²) in [5, 5.41) is 9.80. The number of benzene rings is 1. The molecule has 2 aromatic rings. The first-order valence-electron chi connectivity index (χ1n) is 7.79. The molecule has 0 spiro atoms. The summed E-state index contributed by atoms with van der Waals surface area (Å²) in [6, 6.07) is 9.00. The van der Waals surface area contributed by atoms with Crippen molar-refractivity contribution in [3.63, 3.8) is 0 Å². The minimum atomic E-state index is -1.59. The van der Waals surface area contributed by atoms with Gasteiger partial charge < -0.3 is 15.4 Å². The lowest BCUT2D eigenvalue weighted by atomic mass is 10.0. The first-order valence-corrected chi connectivity index (χ1v) is 7.79. The van der Waals surface area contributed by atoms with Crippen molar-refractivity contribution in [2.75, 3.05) is 11.9 Å². The number of fused-ring (bicyclic) bond motifs is 1. The summed E-state index contributed by atoms with van der Waals surface area (Å²) in [6.07, 6.45) is 0. The Hall–Kier alpha value is -2.83. The zero-order chi connectivity index (χ0) is 17.3. The number of hydrogen-bond acceptors (Lipinski definition) is 4. The van der Waals surface area contributed by atoms with Crippen LogP contribution in [0.1, 0.15) is 18.3 Å². The highest BCUT2D eigenvalue weighted by Crippen LogP contribution is 2.33. The number of carbonyl (C=O) groups is 2. The summed E-state index contributed by atoms with van der Waals surface area (Å²) >= 11 is 0. The van der Waals surface area contributed by atoms with Crippen LogP contribution in [0, 0.1) is 13.8 Å². The van der Waals surface area contributed by atoms with Crippen molar-refractivity contribution < 1.29 is 14.3 Å². The average molecular weight is 328 g/mol. The van der Waals surface area contributed by atoms with Gasteiger partial charge >= 0.3 is 0 Å². The highest BCUT2D eigenvalue weighted by molar-refractivity contribution is 6.15. The fourth-order valence-corrected chi connectivity index (χ4v) is 2.66. The minimum absolute atomic E-state index is 0.356. The number of para-hydroxylation sites is 2. The quantitative estimate of drug-likeness (QED) is 0.831. The second kappa shape index (κ2) is 5.99. The predicted octanol–water partition coefficient (Wildman–Crippen LogP) is 1.41. The van der Waals surface area contributed by atoms with Gasteiger partial charge in [-0.15, -0.1) is 0 Å². The van der Waals surface area contributed by atoms with E-state index in [0.29, 0.717) is 24.5 Å². The summed E-state index contributed by atoms with van der Waals surface area (Å²) in [7, 11) is 0. The van der Waals surface area contributed by atoms with Gasteiger partial charge in [0.15, 0.2) is 0 Å². The van der Waals surface area contributed by atoms with Gasteiger partial charge in [-0.1, -0.05) is 12.1 Å². The maximum Gasteiger partial charge on any atom is 0.278 e. The lowest BCUT2D eigenvalue weighted by Crippen LogP contribution is -2.59. The molecule has 2 amide bonds. The number of aryl methyl sites for hydroxylation is 2. The molecule has 0 radical (unpaired) electrons. The number of hydrogen-bond donors (Lipinski definition) is 2. The number of anilines is 1. The van der Waals surface area contributed by atoms with Crippen molar-refractivity contribution in [1.29, 1.82) is 0 Å². The molecule has 126 valence electrons. The molecule has 0 bridgehead atoms. The molecular formula is C17H20N4O3. The normalized spacial score (nSPS) is 19.2. The molecule has 1 aliphatic rings. The highest BCUT2D eigenvalue weighted by atomic mass is 16.5. The van der Waals surface area contributed by atoms with Gasteiger partial charge in [-0.05, 0) is 39.0 Å². The largest absolute Gasteiger partial charge is 0.466 e. The first kappa shape index (κ1) is 16.0. The highest BCUT2D eigenvalue weighted by Gasteiger charge is 2.46. The van der Waals surface area contributed by atoms with Crippen molar-refractivity contribution in [2.24, 2.45) is 0 Å². The van der Waals surface area contributed by atoms with E-state index in [1.54, 1.807) is 24.3 Å². The van der Waals surface area contributed by atoms with Crippen LogP contribution in [0.4, 0.5) is 5.69 Å². The minimum Gasteiger partial charge on any atom is -0.466 e. The topological polar surface area (TPSA) is 85.3 Å². The fourth-order valence-electron chi connectivity index (χ4n) is 2.66. The Bertz CT molecular complexity index is 799. The van der Waals surface area contributed by atoms with Crippen LogP contribution in [0.15, 0.2) is 30.3 Å². The van der Waals surface area contributed by atoms with Crippen LogP contribution in [0.3, 0.4) is 0 Å². The summed E-state index contributed by atoms with van der Waals surface area (Å²) in [4.78, 5) is 24.8. The second-order valence-corrected chi connectivity index (χ2v) is 5.99. The summed E-state index contributed by atoms with van der Waals surface area (Å²) in [5.41, 5.74) is 0.921. The van der Waals surface area contributed by atoms with Crippen molar-refractivity contribution >= 4 is 17.5 Å². The predicted molar refractivity (Wildman–Crippen MR) is 88.8 cm³/mol. The number of nitrogens with one attached hydrogen (secondary N) is 2. The van der Waals surface area contributed by atoms with E-state index in [9.17, 15) is 9.59 Å². The van der Waals surface area contributed by atoms with E-state index in [1.165, 1.54) is 6.92 Å². The molecular weight excluding hydrogens is 308 g/mol. The summed E-state index contributed by atoms with van der Waals surface area (Å²) < 4.78 is 7.49. The third kappa shape index (κ3) is 2.84. The van der Waals surface area contributed by atoms with Crippen LogP contribution >= 0.6 is 0 Å². The van der Waals surface area contributed by atoms with Crippen molar-refractivity contribution in [3.8, 4) is 5.75 Å². The Labute approximate surface area is 140 Å². The van der Waals surface area contributed by atoms with Gasteiger partial charge in [0, 0.05) is 12.2 Å². The lowest BCUT2D eigenvalue weighted by Gasteiger charge is -2.33. The number of amides is 2. The molecule has 1 aliphatic heterocycles. The smallest absolute Gasteiger partial charge is 0.278 e. The number of nitrogens with zero attached hydrogens (tertiary/aromatic N) is 2. The molecule has 1 aromatic heterocycles. The molecule has 0 unspecified atom stereocenters. The van der Waals surface area contributed by atoms with Crippen LogP contribution < -0.4 is 15.4 Å². The molecule has 0 saturated carbocycles. The van der Waals surface area contributed by atoms with Crippen molar-refractivity contribution in [3.05, 3.63) is 41.7 Å². The van der Waals surface area contributed by atoms with Crippen LogP contribution in [0.25, 0.3) is 0 Å². The van der Waals surface area contributed by atoms with Crippen LogP contribution in [0.5, 0.6) is 5.75 Å². The average Bonchev–Trinajstić information content (AvgIpc) is 2.86. The van der Waals surface area contributed by atoms with E-state index >= 15 is 0 Å². The Balaban J connectivity index is 1.66. The van der Waals surface area contributed by atoms with Gasteiger partial charge in [0.25, 0.3) is 17.4 Å². The van der Waals surface area contributed by atoms with E-state index in [4.69, 9.17) is 4.74 Å². The second-order valence-electron chi connectivity index (χ2n) is 5.99. The molecule has 2 N–H and O–H groups in total. The lowest BCUT2D eigenvalue weighted by molar-refractivity contribution is -0.146. The monoisotopic (exact) mass is 328 g/mol. The molecule has 7 nitrogen and oxygen atoms in total. The number of rotatable bonds is 4. The van der Waals surface area contributed by atoms with E-state index in [2.05, 4.69) is 15.7 Å². The molecule has 3 rings (SSSR count). The Morgan fingerprint density at radius 2 is 2.12 bits per heavy atom. The SMILES string of the molecule is Cc1cc(C)n(CCNC(=O)[C@@]2(C)Oc3ccccc3NC2=O)n1. The number of ether oxygens (including phenoxy) is 1. The van der Waals surface area contributed by atoms with Gasteiger partial charge in [-0.2, -0.15) is 5.10 Å². The van der Waals surface area contributed by atoms with E-state index in [-0.39, 0.29) is 0 Å². The van der Waals surface area contributed by atoms with Gasteiger partial charge in [-0.3, -0.25) is 14.3 Å². The maximum absolute atomic E-state index is 12.5. The van der Waals surface area contributed by atoms with Gasteiger partial charge in [0.1, 0.15) is 5.75 Å². The zero-order valence-corrected chi connectivity index (χ0v) is 13.9. The van der Waals surface area contributed by atoms with E-state index in [0.717, 1.165) is 11.4 Å².